The lowest BCUT2D eigenvalue weighted by Gasteiger charge is -2.40. The highest BCUT2D eigenvalue weighted by Crippen LogP contribution is 2.27. The van der Waals surface area contributed by atoms with Crippen molar-refractivity contribution in [2.45, 2.75) is 26.7 Å². The molecule has 3 aromatic rings. The van der Waals surface area contributed by atoms with Gasteiger partial charge in [-0.2, -0.15) is 5.10 Å². The molecule has 0 spiro atoms. The number of benzene rings is 1. The van der Waals surface area contributed by atoms with E-state index in [9.17, 15) is 4.79 Å². The number of carbonyl (C=O) groups excluding carboxylic acids is 1. The summed E-state index contributed by atoms with van der Waals surface area (Å²) in [6.45, 7) is 9.20. The van der Waals surface area contributed by atoms with Crippen molar-refractivity contribution in [3.63, 3.8) is 0 Å². The molecule has 2 saturated heterocycles. The van der Waals surface area contributed by atoms with Gasteiger partial charge in [0, 0.05) is 51.0 Å². The second-order valence-corrected chi connectivity index (χ2v) is 8.89. The summed E-state index contributed by atoms with van der Waals surface area (Å²) >= 11 is 0. The average Bonchev–Trinajstić information content (AvgIpc) is 3.41. The molecule has 0 radical (unpaired) electrons. The fourth-order valence-corrected chi connectivity index (χ4v) is 4.85. The van der Waals surface area contributed by atoms with Crippen LogP contribution in [0.25, 0.3) is 5.82 Å². The number of rotatable bonds is 4. The minimum absolute atomic E-state index is 0.00390. The SMILES string of the molecule is Cc1cccc(N2CCN(C(=O)C3CCCN(c4cc(-n5cncn5)ncn4)C3)CC2)c1C. The maximum absolute atomic E-state index is 13.4. The van der Waals surface area contributed by atoms with Crippen LogP contribution in [0.1, 0.15) is 24.0 Å². The number of amides is 1. The van der Waals surface area contributed by atoms with Crippen molar-refractivity contribution >= 4 is 17.4 Å². The molecule has 1 unspecified atom stereocenters. The molecule has 2 aromatic heterocycles. The minimum atomic E-state index is -0.00390. The summed E-state index contributed by atoms with van der Waals surface area (Å²) in [6.07, 6.45) is 6.54. The Morgan fingerprint density at radius 3 is 2.58 bits per heavy atom. The summed E-state index contributed by atoms with van der Waals surface area (Å²) < 4.78 is 1.62. The maximum Gasteiger partial charge on any atom is 0.227 e. The number of hydrogen-bond donors (Lipinski definition) is 0. The van der Waals surface area contributed by atoms with Gasteiger partial charge in [-0.15, -0.1) is 0 Å². The topological polar surface area (TPSA) is 83.3 Å². The van der Waals surface area contributed by atoms with Gasteiger partial charge in [0.15, 0.2) is 5.82 Å². The van der Waals surface area contributed by atoms with E-state index >= 15 is 0 Å². The van der Waals surface area contributed by atoms with Gasteiger partial charge < -0.3 is 14.7 Å². The number of hydrogen-bond acceptors (Lipinski definition) is 7. The van der Waals surface area contributed by atoms with Crippen LogP contribution in [0.5, 0.6) is 0 Å². The molecule has 9 nitrogen and oxygen atoms in total. The lowest BCUT2D eigenvalue weighted by Crippen LogP contribution is -2.52. The van der Waals surface area contributed by atoms with Crippen molar-refractivity contribution in [3.8, 4) is 5.82 Å². The zero-order valence-electron chi connectivity index (χ0n) is 19.3. The smallest absolute Gasteiger partial charge is 0.227 e. The summed E-state index contributed by atoms with van der Waals surface area (Å²) in [5.41, 5.74) is 3.93. The standard InChI is InChI=1S/C24H30N8O/c1-18-5-3-7-21(19(18)2)29-9-11-30(12-10-29)24(33)20-6-4-8-31(14-20)22-13-23(27-16-26-22)32-17-25-15-28-32/h3,5,7,13,15-17,20H,4,6,8-12,14H2,1-2H3. The molecule has 9 heteroatoms. The molecular weight excluding hydrogens is 416 g/mol. The van der Waals surface area contributed by atoms with Crippen LogP contribution in [0.15, 0.2) is 43.2 Å². The van der Waals surface area contributed by atoms with Gasteiger partial charge in [0.2, 0.25) is 5.91 Å². The average molecular weight is 447 g/mol. The number of anilines is 2. The molecule has 5 rings (SSSR count). The predicted molar refractivity (Wildman–Crippen MR) is 127 cm³/mol. The zero-order chi connectivity index (χ0) is 22.8. The first kappa shape index (κ1) is 21.4. The van der Waals surface area contributed by atoms with Crippen LogP contribution in [0.3, 0.4) is 0 Å². The molecule has 0 N–H and O–H groups in total. The molecule has 0 aliphatic carbocycles. The Kier molecular flexibility index (Phi) is 5.93. The zero-order valence-corrected chi connectivity index (χ0v) is 19.3. The van der Waals surface area contributed by atoms with E-state index in [1.165, 1.54) is 23.1 Å². The van der Waals surface area contributed by atoms with Gasteiger partial charge in [-0.3, -0.25) is 4.79 Å². The number of piperidine rings is 1. The van der Waals surface area contributed by atoms with Crippen LogP contribution < -0.4 is 9.80 Å². The van der Waals surface area contributed by atoms with Gasteiger partial charge >= 0.3 is 0 Å². The van der Waals surface area contributed by atoms with Crippen molar-refractivity contribution in [3.05, 3.63) is 54.4 Å². The lowest BCUT2D eigenvalue weighted by atomic mass is 9.96. The highest BCUT2D eigenvalue weighted by molar-refractivity contribution is 5.80. The second kappa shape index (κ2) is 9.17. The molecule has 2 aliphatic rings. The maximum atomic E-state index is 13.4. The first-order chi connectivity index (χ1) is 16.1. The molecular formula is C24H30N8O. The molecule has 1 atom stereocenters. The Morgan fingerprint density at radius 2 is 1.79 bits per heavy atom. The Morgan fingerprint density at radius 1 is 0.970 bits per heavy atom. The monoisotopic (exact) mass is 446 g/mol. The van der Waals surface area contributed by atoms with Gasteiger partial charge in [-0.05, 0) is 43.9 Å². The second-order valence-electron chi connectivity index (χ2n) is 8.89. The molecule has 4 heterocycles. The lowest BCUT2D eigenvalue weighted by molar-refractivity contribution is -0.136. The number of aromatic nitrogens is 5. The van der Waals surface area contributed by atoms with Gasteiger partial charge in [-0.25, -0.2) is 19.6 Å². The van der Waals surface area contributed by atoms with Crippen molar-refractivity contribution < 1.29 is 4.79 Å². The molecule has 0 saturated carbocycles. The number of aryl methyl sites for hydroxylation is 1. The van der Waals surface area contributed by atoms with E-state index in [0.29, 0.717) is 12.4 Å². The predicted octanol–water partition coefficient (Wildman–Crippen LogP) is 2.24. The Hall–Kier alpha value is -3.49. The highest BCUT2D eigenvalue weighted by Gasteiger charge is 2.32. The molecule has 0 bridgehead atoms. The fourth-order valence-electron chi connectivity index (χ4n) is 4.85. The van der Waals surface area contributed by atoms with Crippen LogP contribution >= 0.6 is 0 Å². The van der Waals surface area contributed by atoms with Crippen LogP contribution in [-0.2, 0) is 4.79 Å². The van der Waals surface area contributed by atoms with Crippen LogP contribution in [0, 0.1) is 19.8 Å². The summed E-state index contributed by atoms with van der Waals surface area (Å²) in [5.74, 6) is 1.77. The summed E-state index contributed by atoms with van der Waals surface area (Å²) in [5, 5.41) is 4.15. The molecule has 2 aliphatic heterocycles. The largest absolute Gasteiger partial charge is 0.368 e. The van der Waals surface area contributed by atoms with Crippen LogP contribution in [-0.4, -0.2) is 74.8 Å². The summed E-state index contributed by atoms with van der Waals surface area (Å²) in [7, 11) is 0. The van der Waals surface area contributed by atoms with E-state index in [4.69, 9.17) is 0 Å². The minimum Gasteiger partial charge on any atom is -0.368 e. The first-order valence-corrected chi connectivity index (χ1v) is 11.6. The van der Waals surface area contributed by atoms with E-state index in [1.807, 2.05) is 6.07 Å². The number of carbonyl (C=O) groups is 1. The number of nitrogens with zero attached hydrogens (tertiary/aromatic N) is 8. The Bertz CT molecular complexity index is 1110. The van der Waals surface area contributed by atoms with Crippen molar-refractivity contribution in [2.24, 2.45) is 5.92 Å². The fraction of sp³-hybridized carbons (Fsp3) is 0.458. The molecule has 1 aromatic carbocycles. The van der Waals surface area contributed by atoms with Gasteiger partial charge in [0.1, 0.15) is 24.8 Å². The van der Waals surface area contributed by atoms with E-state index in [0.717, 1.165) is 51.4 Å². The third-order valence-electron chi connectivity index (χ3n) is 6.89. The van der Waals surface area contributed by atoms with Crippen molar-refractivity contribution in [2.75, 3.05) is 49.1 Å². The number of piperazine rings is 1. The molecule has 33 heavy (non-hydrogen) atoms. The van der Waals surface area contributed by atoms with Gasteiger partial charge in [0.05, 0.1) is 5.92 Å². The third-order valence-corrected chi connectivity index (χ3v) is 6.89. The Balaban J connectivity index is 1.22. The molecule has 2 fully saturated rings. The summed E-state index contributed by atoms with van der Waals surface area (Å²) in [6, 6.07) is 8.37. The third kappa shape index (κ3) is 4.40. The van der Waals surface area contributed by atoms with E-state index in [1.54, 1.807) is 17.3 Å². The Labute approximate surface area is 194 Å². The van der Waals surface area contributed by atoms with E-state index < -0.39 is 0 Å². The van der Waals surface area contributed by atoms with E-state index in [-0.39, 0.29) is 11.8 Å². The highest BCUT2D eigenvalue weighted by atomic mass is 16.2. The van der Waals surface area contributed by atoms with Gasteiger partial charge in [0.25, 0.3) is 0 Å². The van der Waals surface area contributed by atoms with Crippen LogP contribution in [0.4, 0.5) is 11.5 Å². The van der Waals surface area contributed by atoms with Gasteiger partial charge in [-0.1, -0.05) is 12.1 Å². The first-order valence-electron chi connectivity index (χ1n) is 11.6. The summed E-state index contributed by atoms with van der Waals surface area (Å²) in [4.78, 5) is 32.8. The van der Waals surface area contributed by atoms with Crippen LogP contribution in [0.2, 0.25) is 0 Å². The molecule has 172 valence electrons. The van der Waals surface area contributed by atoms with E-state index in [2.05, 4.69) is 66.8 Å². The normalized spacial score (nSPS) is 19.1. The van der Waals surface area contributed by atoms with Crippen molar-refractivity contribution in [1.29, 1.82) is 0 Å². The van der Waals surface area contributed by atoms with Crippen molar-refractivity contribution in [1.82, 2.24) is 29.6 Å². The quantitative estimate of drug-likeness (QED) is 0.608. The molecule has 1 amide bonds.